The predicted octanol–water partition coefficient (Wildman–Crippen LogP) is 1.25. The summed E-state index contributed by atoms with van der Waals surface area (Å²) >= 11 is 0. The number of aromatic nitrogens is 3. The first-order chi connectivity index (χ1) is 12.0. The summed E-state index contributed by atoms with van der Waals surface area (Å²) in [7, 11) is 0. The fourth-order valence-corrected chi connectivity index (χ4v) is 2.16. The zero-order valence-corrected chi connectivity index (χ0v) is 12.9. The molecular weight excluding hydrogens is 324 g/mol. The number of ketones is 2. The van der Waals surface area contributed by atoms with Crippen LogP contribution in [0.4, 0.5) is 0 Å². The highest BCUT2D eigenvalue weighted by Crippen LogP contribution is 2.16. The first-order valence-corrected chi connectivity index (χ1v) is 7.27. The second-order valence-electron chi connectivity index (χ2n) is 5.26. The number of aliphatic hydroxyl groups is 1. The van der Waals surface area contributed by atoms with Gasteiger partial charge in [0.15, 0.2) is 0 Å². The van der Waals surface area contributed by atoms with E-state index < -0.39 is 11.6 Å². The summed E-state index contributed by atoms with van der Waals surface area (Å²) in [5.41, 5.74) is 1.38. The zero-order valence-electron chi connectivity index (χ0n) is 12.9. The lowest BCUT2D eigenvalue weighted by molar-refractivity contribution is -0.131. The molecule has 0 fully saturated rings. The molecule has 0 unspecified atom stereocenters. The fourth-order valence-electron chi connectivity index (χ4n) is 2.16. The van der Waals surface area contributed by atoms with Crippen LogP contribution >= 0.6 is 0 Å². The van der Waals surface area contributed by atoms with Gasteiger partial charge in [0.05, 0.1) is 24.4 Å². The standard InChI is InChI=1S/C17H12N4O4/c18-7-11-1-3-14(4-2-11)25-10-13-9-21(20-19-13)8-12-5-16(23)17(24)6-15(12)22/h1-6,9,22H,8,10H2. The van der Waals surface area contributed by atoms with Crippen molar-refractivity contribution < 1.29 is 19.4 Å². The molecule has 25 heavy (non-hydrogen) atoms. The third-order valence-corrected chi connectivity index (χ3v) is 3.43. The number of benzene rings is 1. The lowest BCUT2D eigenvalue weighted by Gasteiger charge is -2.09. The summed E-state index contributed by atoms with van der Waals surface area (Å²) in [5.74, 6) is -1.10. The highest BCUT2D eigenvalue weighted by atomic mass is 16.5. The van der Waals surface area contributed by atoms with Crippen molar-refractivity contribution in [2.45, 2.75) is 13.2 Å². The van der Waals surface area contributed by atoms with Gasteiger partial charge in [-0.25, -0.2) is 4.68 Å². The second kappa shape index (κ2) is 6.80. The molecule has 0 radical (unpaired) electrons. The molecule has 124 valence electrons. The number of aliphatic hydroxyl groups excluding tert-OH is 1. The number of hydrogen-bond acceptors (Lipinski definition) is 7. The van der Waals surface area contributed by atoms with E-state index in [4.69, 9.17) is 10.00 Å². The van der Waals surface area contributed by atoms with Gasteiger partial charge >= 0.3 is 0 Å². The first kappa shape index (κ1) is 16.1. The molecule has 8 nitrogen and oxygen atoms in total. The Morgan fingerprint density at radius 3 is 2.60 bits per heavy atom. The summed E-state index contributed by atoms with van der Waals surface area (Å²) in [5, 5.41) is 26.3. The molecular formula is C17H12N4O4. The van der Waals surface area contributed by atoms with Gasteiger partial charge in [-0.2, -0.15) is 5.26 Å². The van der Waals surface area contributed by atoms with Crippen LogP contribution in [0.2, 0.25) is 0 Å². The number of rotatable bonds is 5. The molecule has 3 rings (SSSR count). The average molecular weight is 336 g/mol. The molecule has 0 aliphatic heterocycles. The van der Waals surface area contributed by atoms with Crippen molar-refractivity contribution in [1.29, 1.82) is 5.26 Å². The van der Waals surface area contributed by atoms with Gasteiger partial charge in [-0.05, 0) is 30.3 Å². The maximum absolute atomic E-state index is 11.4. The molecule has 1 aromatic carbocycles. The highest BCUT2D eigenvalue weighted by Gasteiger charge is 2.20. The van der Waals surface area contributed by atoms with Gasteiger partial charge in [0.1, 0.15) is 23.8 Å². The molecule has 0 spiro atoms. The minimum absolute atomic E-state index is 0.102. The molecule has 0 bridgehead atoms. The minimum Gasteiger partial charge on any atom is -0.507 e. The van der Waals surface area contributed by atoms with Crippen LogP contribution in [0.3, 0.4) is 0 Å². The van der Waals surface area contributed by atoms with Crippen LogP contribution in [-0.4, -0.2) is 31.7 Å². The van der Waals surface area contributed by atoms with Crippen LogP contribution in [0, 0.1) is 11.3 Å². The smallest absolute Gasteiger partial charge is 0.229 e. The predicted molar refractivity (Wildman–Crippen MR) is 84.3 cm³/mol. The Hall–Kier alpha value is -3.73. The molecule has 1 heterocycles. The number of nitrogens with zero attached hydrogens (tertiary/aromatic N) is 4. The van der Waals surface area contributed by atoms with Gasteiger partial charge in [-0.3, -0.25) is 9.59 Å². The largest absolute Gasteiger partial charge is 0.507 e. The minimum atomic E-state index is -0.753. The Labute approximate surface area is 142 Å². The van der Waals surface area contributed by atoms with Gasteiger partial charge in [-0.15, -0.1) is 5.10 Å². The summed E-state index contributed by atoms with van der Waals surface area (Å²) < 4.78 is 6.97. The van der Waals surface area contributed by atoms with Gasteiger partial charge in [0.2, 0.25) is 11.6 Å². The topological polar surface area (TPSA) is 118 Å². The Bertz CT molecular complexity index is 932. The van der Waals surface area contributed by atoms with Crippen LogP contribution in [-0.2, 0) is 22.7 Å². The molecule has 0 amide bonds. The van der Waals surface area contributed by atoms with Crippen molar-refractivity contribution >= 4 is 11.6 Å². The maximum Gasteiger partial charge on any atom is 0.229 e. The molecule has 0 atom stereocenters. The van der Waals surface area contributed by atoms with E-state index in [9.17, 15) is 14.7 Å². The van der Waals surface area contributed by atoms with Crippen LogP contribution in [0.15, 0.2) is 53.9 Å². The van der Waals surface area contributed by atoms with Crippen molar-refractivity contribution in [2.75, 3.05) is 0 Å². The van der Waals surface area contributed by atoms with Crippen molar-refractivity contribution in [3.63, 3.8) is 0 Å². The van der Waals surface area contributed by atoms with Gasteiger partial charge in [-0.1, -0.05) is 5.21 Å². The third-order valence-electron chi connectivity index (χ3n) is 3.43. The van der Waals surface area contributed by atoms with Crippen LogP contribution in [0.5, 0.6) is 5.75 Å². The highest BCUT2D eigenvalue weighted by molar-refractivity contribution is 6.46. The summed E-state index contributed by atoms with van der Waals surface area (Å²) in [4.78, 5) is 22.6. The van der Waals surface area contributed by atoms with E-state index in [0.29, 0.717) is 17.0 Å². The van der Waals surface area contributed by atoms with E-state index in [-0.39, 0.29) is 24.5 Å². The van der Waals surface area contributed by atoms with E-state index in [1.165, 1.54) is 4.68 Å². The molecule has 0 saturated heterocycles. The Morgan fingerprint density at radius 2 is 1.88 bits per heavy atom. The van der Waals surface area contributed by atoms with Gasteiger partial charge in [0, 0.05) is 11.6 Å². The van der Waals surface area contributed by atoms with E-state index in [2.05, 4.69) is 10.3 Å². The number of hydrogen-bond donors (Lipinski definition) is 1. The number of allylic oxidation sites excluding steroid dienone is 3. The zero-order chi connectivity index (χ0) is 17.8. The SMILES string of the molecule is N#Cc1ccc(OCc2cn(CC3=CC(=O)C(=O)C=C3O)nn2)cc1. The Kier molecular flexibility index (Phi) is 4.39. The molecule has 1 aliphatic carbocycles. The van der Waals surface area contributed by atoms with Crippen molar-refractivity contribution in [3.05, 3.63) is 65.2 Å². The first-order valence-electron chi connectivity index (χ1n) is 7.27. The number of carbonyl (C=O) groups excluding carboxylic acids is 2. The van der Waals surface area contributed by atoms with Crippen molar-refractivity contribution in [1.82, 2.24) is 15.0 Å². The van der Waals surface area contributed by atoms with Crippen LogP contribution in [0.1, 0.15) is 11.3 Å². The number of ether oxygens (including phenoxy) is 1. The molecule has 1 aliphatic rings. The fraction of sp³-hybridized carbons (Fsp3) is 0.118. The molecule has 8 heteroatoms. The Balaban J connectivity index is 1.62. The number of nitriles is 1. The van der Waals surface area contributed by atoms with Crippen molar-refractivity contribution in [3.8, 4) is 11.8 Å². The average Bonchev–Trinajstić information content (AvgIpc) is 3.06. The van der Waals surface area contributed by atoms with Crippen LogP contribution < -0.4 is 4.74 Å². The Morgan fingerprint density at radius 1 is 1.16 bits per heavy atom. The van der Waals surface area contributed by atoms with E-state index in [0.717, 1.165) is 12.2 Å². The van der Waals surface area contributed by atoms with Crippen LogP contribution in [0.25, 0.3) is 0 Å². The second-order valence-corrected chi connectivity index (χ2v) is 5.26. The number of carbonyl (C=O) groups is 2. The van der Waals surface area contributed by atoms with Crippen molar-refractivity contribution in [2.24, 2.45) is 0 Å². The van der Waals surface area contributed by atoms with E-state index in [1.807, 2.05) is 6.07 Å². The summed E-state index contributed by atoms with van der Waals surface area (Å²) in [6.07, 6.45) is 3.59. The van der Waals surface area contributed by atoms with Gasteiger partial charge in [0.25, 0.3) is 0 Å². The maximum atomic E-state index is 11.4. The lowest BCUT2D eigenvalue weighted by atomic mass is 10.0. The molecule has 1 N–H and O–H groups in total. The normalized spacial score (nSPS) is 13.9. The van der Waals surface area contributed by atoms with E-state index in [1.54, 1.807) is 30.5 Å². The monoisotopic (exact) mass is 336 g/mol. The summed E-state index contributed by atoms with van der Waals surface area (Å²) in [6, 6.07) is 8.68. The summed E-state index contributed by atoms with van der Waals surface area (Å²) in [6.45, 7) is 0.273. The molecule has 1 aromatic heterocycles. The lowest BCUT2D eigenvalue weighted by Crippen LogP contribution is -2.17. The third kappa shape index (κ3) is 3.79. The van der Waals surface area contributed by atoms with E-state index >= 15 is 0 Å². The molecule has 0 saturated carbocycles. The quantitative estimate of drug-likeness (QED) is 0.644. The van der Waals surface area contributed by atoms with Gasteiger partial charge < -0.3 is 9.84 Å². The molecule has 2 aromatic rings.